The summed E-state index contributed by atoms with van der Waals surface area (Å²) in [5.74, 6) is 2.07. The third kappa shape index (κ3) is 2.28. The first-order valence-electron chi connectivity index (χ1n) is 4.99. The molecule has 2 rings (SSSR count). The van der Waals surface area contributed by atoms with Gasteiger partial charge in [0, 0.05) is 11.8 Å². The molecule has 82 valence electrons. The standard InChI is InChI=1S/C12H13N3O/c1-8-12(7-14-9(2)15-8)16-11-5-3-4-10(13)6-11/h3-7H,13H2,1-2H3. The fourth-order valence-corrected chi connectivity index (χ4v) is 1.38. The van der Waals surface area contributed by atoms with E-state index in [-0.39, 0.29) is 0 Å². The Bertz CT molecular complexity index is 511. The van der Waals surface area contributed by atoms with Crippen LogP contribution in [-0.2, 0) is 0 Å². The number of benzene rings is 1. The highest BCUT2D eigenvalue weighted by molar-refractivity contribution is 5.45. The normalized spacial score (nSPS) is 10.1. The van der Waals surface area contributed by atoms with E-state index in [1.54, 1.807) is 12.3 Å². The molecule has 0 spiro atoms. The lowest BCUT2D eigenvalue weighted by molar-refractivity contribution is 0.472. The lowest BCUT2D eigenvalue weighted by atomic mass is 10.3. The monoisotopic (exact) mass is 215 g/mol. The Balaban J connectivity index is 2.27. The first kappa shape index (κ1) is 10.4. The average Bonchev–Trinajstić information content (AvgIpc) is 2.22. The van der Waals surface area contributed by atoms with Gasteiger partial charge in [0.25, 0.3) is 0 Å². The smallest absolute Gasteiger partial charge is 0.166 e. The van der Waals surface area contributed by atoms with Crippen molar-refractivity contribution in [1.29, 1.82) is 0 Å². The average molecular weight is 215 g/mol. The number of aryl methyl sites for hydroxylation is 2. The summed E-state index contributed by atoms with van der Waals surface area (Å²) in [6.45, 7) is 3.73. The largest absolute Gasteiger partial charge is 0.454 e. The number of nitrogens with zero attached hydrogens (tertiary/aromatic N) is 2. The van der Waals surface area contributed by atoms with E-state index < -0.39 is 0 Å². The van der Waals surface area contributed by atoms with Gasteiger partial charge in [-0.3, -0.25) is 0 Å². The first-order valence-corrected chi connectivity index (χ1v) is 4.99. The zero-order chi connectivity index (χ0) is 11.5. The van der Waals surface area contributed by atoms with Gasteiger partial charge in [0.1, 0.15) is 11.6 Å². The predicted octanol–water partition coefficient (Wildman–Crippen LogP) is 2.47. The first-order chi connectivity index (χ1) is 7.65. The van der Waals surface area contributed by atoms with Crippen LogP contribution in [0, 0.1) is 13.8 Å². The fourth-order valence-electron chi connectivity index (χ4n) is 1.38. The Morgan fingerprint density at radius 2 is 2.06 bits per heavy atom. The molecule has 1 aromatic heterocycles. The van der Waals surface area contributed by atoms with Gasteiger partial charge in [-0.15, -0.1) is 0 Å². The van der Waals surface area contributed by atoms with Crippen molar-refractivity contribution in [1.82, 2.24) is 9.97 Å². The molecule has 16 heavy (non-hydrogen) atoms. The predicted molar refractivity (Wildman–Crippen MR) is 62.4 cm³/mol. The zero-order valence-corrected chi connectivity index (χ0v) is 9.27. The molecule has 0 aliphatic rings. The summed E-state index contributed by atoms with van der Waals surface area (Å²) in [5.41, 5.74) is 7.15. The van der Waals surface area contributed by atoms with Crippen LogP contribution >= 0.6 is 0 Å². The van der Waals surface area contributed by atoms with E-state index in [1.807, 2.05) is 32.0 Å². The van der Waals surface area contributed by atoms with Crippen LogP contribution in [0.15, 0.2) is 30.5 Å². The van der Waals surface area contributed by atoms with Crippen LogP contribution in [0.4, 0.5) is 5.69 Å². The molecule has 1 heterocycles. The van der Waals surface area contributed by atoms with Crippen LogP contribution in [0.1, 0.15) is 11.5 Å². The molecule has 4 nitrogen and oxygen atoms in total. The summed E-state index contributed by atoms with van der Waals surface area (Å²) in [6.07, 6.45) is 1.67. The van der Waals surface area contributed by atoms with E-state index in [4.69, 9.17) is 10.5 Å². The summed E-state index contributed by atoms with van der Waals surface area (Å²) < 4.78 is 5.64. The summed E-state index contributed by atoms with van der Waals surface area (Å²) in [7, 11) is 0. The number of nitrogen functional groups attached to an aromatic ring is 1. The topological polar surface area (TPSA) is 61.0 Å². The molecule has 2 N–H and O–H groups in total. The molecule has 1 aromatic carbocycles. The maximum absolute atomic E-state index is 5.66. The SMILES string of the molecule is Cc1ncc(Oc2cccc(N)c2)c(C)n1. The number of hydrogen-bond donors (Lipinski definition) is 1. The highest BCUT2D eigenvalue weighted by atomic mass is 16.5. The number of nitrogens with two attached hydrogens (primary N) is 1. The summed E-state index contributed by atoms with van der Waals surface area (Å²) >= 11 is 0. The molecule has 0 radical (unpaired) electrons. The van der Waals surface area contributed by atoms with Crippen LogP contribution in [-0.4, -0.2) is 9.97 Å². The molecule has 0 aliphatic heterocycles. The molecule has 0 aliphatic carbocycles. The quantitative estimate of drug-likeness (QED) is 0.782. The van der Waals surface area contributed by atoms with Gasteiger partial charge in [0.2, 0.25) is 0 Å². The number of rotatable bonds is 2. The molecule has 0 bridgehead atoms. The Kier molecular flexibility index (Phi) is 2.72. The van der Waals surface area contributed by atoms with Crippen LogP contribution < -0.4 is 10.5 Å². The van der Waals surface area contributed by atoms with Crippen molar-refractivity contribution in [2.75, 3.05) is 5.73 Å². The Morgan fingerprint density at radius 1 is 1.25 bits per heavy atom. The molecule has 4 heteroatoms. The minimum atomic E-state index is 0.649. The molecule has 0 atom stereocenters. The zero-order valence-electron chi connectivity index (χ0n) is 9.27. The van der Waals surface area contributed by atoms with E-state index in [9.17, 15) is 0 Å². The number of anilines is 1. The van der Waals surface area contributed by atoms with Gasteiger partial charge in [-0.05, 0) is 26.0 Å². The molecule has 0 unspecified atom stereocenters. The highest BCUT2D eigenvalue weighted by Gasteiger charge is 2.03. The van der Waals surface area contributed by atoms with Gasteiger partial charge in [-0.1, -0.05) is 6.07 Å². The minimum Gasteiger partial charge on any atom is -0.454 e. The van der Waals surface area contributed by atoms with E-state index in [0.717, 1.165) is 11.5 Å². The van der Waals surface area contributed by atoms with Gasteiger partial charge in [-0.2, -0.15) is 0 Å². The highest BCUT2D eigenvalue weighted by Crippen LogP contribution is 2.24. The van der Waals surface area contributed by atoms with Crippen molar-refractivity contribution < 1.29 is 4.74 Å². The van der Waals surface area contributed by atoms with Crippen molar-refractivity contribution in [2.24, 2.45) is 0 Å². The molecule has 0 saturated heterocycles. The van der Waals surface area contributed by atoms with Crippen molar-refractivity contribution in [3.63, 3.8) is 0 Å². The Morgan fingerprint density at radius 3 is 2.75 bits per heavy atom. The second-order valence-corrected chi connectivity index (χ2v) is 3.54. The maximum Gasteiger partial charge on any atom is 0.166 e. The molecular formula is C12H13N3O. The van der Waals surface area contributed by atoms with Crippen LogP contribution in [0.3, 0.4) is 0 Å². The van der Waals surface area contributed by atoms with Gasteiger partial charge in [0.15, 0.2) is 5.75 Å². The van der Waals surface area contributed by atoms with E-state index in [0.29, 0.717) is 17.2 Å². The Hall–Kier alpha value is -2.10. The number of aromatic nitrogens is 2. The lowest BCUT2D eigenvalue weighted by Gasteiger charge is -2.08. The summed E-state index contributed by atoms with van der Waals surface area (Å²) in [4.78, 5) is 8.32. The van der Waals surface area contributed by atoms with E-state index >= 15 is 0 Å². The third-order valence-corrected chi connectivity index (χ3v) is 2.14. The lowest BCUT2D eigenvalue weighted by Crippen LogP contribution is -1.95. The van der Waals surface area contributed by atoms with E-state index in [1.165, 1.54) is 0 Å². The third-order valence-electron chi connectivity index (χ3n) is 2.14. The van der Waals surface area contributed by atoms with Crippen molar-refractivity contribution in [2.45, 2.75) is 13.8 Å². The number of hydrogen-bond acceptors (Lipinski definition) is 4. The van der Waals surface area contributed by atoms with Crippen LogP contribution in [0.5, 0.6) is 11.5 Å². The summed E-state index contributed by atoms with van der Waals surface area (Å²) in [6, 6.07) is 7.26. The maximum atomic E-state index is 5.66. The second kappa shape index (κ2) is 4.18. The molecular weight excluding hydrogens is 202 g/mol. The number of ether oxygens (including phenoxy) is 1. The minimum absolute atomic E-state index is 0.649. The van der Waals surface area contributed by atoms with Crippen molar-refractivity contribution >= 4 is 5.69 Å². The van der Waals surface area contributed by atoms with Crippen LogP contribution in [0.2, 0.25) is 0 Å². The molecule has 0 fully saturated rings. The van der Waals surface area contributed by atoms with Gasteiger partial charge < -0.3 is 10.5 Å². The van der Waals surface area contributed by atoms with Gasteiger partial charge in [0.05, 0.1) is 11.9 Å². The van der Waals surface area contributed by atoms with Crippen molar-refractivity contribution in [3.8, 4) is 11.5 Å². The van der Waals surface area contributed by atoms with Crippen LogP contribution in [0.25, 0.3) is 0 Å². The molecule has 0 saturated carbocycles. The summed E-state index contributed by atoms with van der Waals surface area (Å²) in [5, 5.41) is 0. The van der Waals surface area contributed by atoms with E-state index in [2.05, 4.69) is 9.97 Å². The Labute approximate surface area is 94.1 Å². The van der Waals surface area contributed by atoms with Gasteiger partial charge >= 0.3 is 0 Å². The van der Waals surface area contributed by atoms with Crippen molar-refractivity contribution in [3.05, 3.63) is 42.0 Å². The molecule has 2 aromatic rings. The fraction of sp³-hybridized carbons (Fsp3) is 0.167. The molecule has 0 amide bonds. The second-order valence-electron chi connectivity index (χ2n) is 3.54. The van der Waals surface area contributed by atoms with Gasteiger partial charge in [-0.25, -0.2) is 9.97 Å².